The predicted molar refractivity (Wildman–Crippen MR) is 165 cm³/mol. The predicted octanol–water partition coefficient (Wildman–Crippen LogP) is 5.79. The van der Waals surface area contributed by atoms with Gasteiger partial charge in [0.1, 0.15) is 30.0 Å². The standard InChI is InChI=1S/C34H40N4O5/c1-21-17-22(2)19-26(18-21)30(31(40)37-29-23(3)9-8-10-24(29)4)38(16-15-35)32(41)28(36-33(42)43-34(5,6)7)20-25-11-13-27(39)14-12-25/h8-14,17-19,28,30,39H,16,20H2,1-7H3,(H,36,42)(H,37,40). The van der Waals surface area contributed by atoms with Crippen LogP contribution in [0.3, 0.4) is 0 Å². The second kappa shape index (κ2) is 13.9. The van der Waals surface area contributed by atoms with Crippen molar-refractivity contribution < 1.29 is 24.2 Å². The third-order valence-corrected chi connectivity index (χ3v) is 6.74. The van der Waals surface area contributed by atoms with E-state index in [9.17, 15) is 24.8 Å². The van der Waals surface area contributed by atoms with Crippen LogP contribution in [-0.2, 0) is 20.7 Å². The summed E-state index contributed by atoms with van der Waals surface area (Å²) in [6, 6.07) is 17.1. The number of carbonyl (C=O) groups excluding carboxylic acids is 3. The van der Waals surface area contributed by atoms with Crippen molar-refractivity contribution in [3.8, 4) is 11.8 Å². The van der Waals surface area contributed by atoms with Crippen LogP contribution < -0.4 is 10.6 Å². The molecule has 0 saturated heterocycles. The first-order valence-electron chi connectivity index (χ1n) is 14.1. The third kappa shape index (κ3) is 9.07. The van der Waals surface area contributed by atoms with Crippen LogP contribution in [0.2, 0.25) is 0 Å². The number of amides is 3. The molecule has 0 aromatic heterocycles. The van der Waals surface area contributed by atoms with Gasteiger partial charge < -0.3 is 25.4 Å². The molecule has 3 aromatic carbocycles. The van der Waals surface area contributed by atoms with Crippen molar-refractivity contribution in [2.45, 2.75) is 72.6 Å². The van der Waals surface area contributed by atoms with E-state index in [-0.39, 0.29) is 12.2 Å². The van der Waals surface area contributed by atoms with E-state index in [2.05, 4.69) is 10.6 Å². The molecule has 3 aromatic rings. The van der Waals surface area contributed by atoms with Crippen molar-refractivity contribution in [1.82, 2.24) is 10.2 Å². The Morgan fingerprint density at radius 1 is 0.953 bits per heavy atom. The lowest BCUT2D eigenvalue weighted by atomic mass is 9.97. The van der Waals surface area contributed by atoms with E-state index in [1.54, 1.807) is 32.9 Å². The number of benzene rings is 3. The molecule has 2 unspecified atom stereocenters. The number of ether oxygens (including phenoxy) is 1. The monoisotopic (exact) mass is 584 g/mol. The zero-order chi connectivity index (χ0) is 31.9. The number of nitrogens with one attached hydrogen (secondary N) is 2. The average Bonchev–Trinajstić information content (AvgIpc) is 2.89. The topological polar surface area (TPSA) is 132 Å². The minimum Gasteiger partial charge on any atom is -0.508 e. The third-order valence-electron chi connectivity index (χ3n) is 6.74. The highest BCUT2D eigenvalue weighted by Crippen LogP contribution is 2.28. The van der Waals surface area contributed by atoms with Gasteiger partial charge in [-0.1, -0.05) is 59.7 Å². The first-order chi connectivity index (χ1) is 20.2. The van der Waals surface area contributed by atoms with Crippen molar-refractivity contribution in [3.05, 3.63) is 94.0 Å². The van der Waals surface area contributed by atoms with E-state index >= 15 is 0 Å². The first-order valence-corrected chi connectivity index (χ1v) is 14.1. The number of nitriles is 1. The summed E-state index contributed by atoms with van der Waals surface area (Å²) in [5, 5.41) is 25.3. The number of anilines is 1. The number of para-hydroxylation sites is 1. The summed E-state index contributed by atoms with van der Waals surface area (Å²) in [5.41, 5.74) is 4.45. The lowest BCUT2D eigenvalue weighted by molar-refractivity contribution is -0.140. The molecule has 0 spiro atoms. The van der Waals surface area contributed by atoms with Gasteiger partial charge in [0.2, 0.25) is 5.91 Å². The van der Waals surface area contributed by atoms with Gasteiger partial charge in [0.05, 0.1) is 6.07 Å². The Balaban J connectivity index is 2.11. The van der Waals surface area contributed by atoms with E-state index in [1.807, 2.05) is 70.2 Å². The summed E-state index contributed by atoms with van der Waals surface area (Å²) >= 11 is 0. The summed E-state index contributed by atoms with van der Waals surface area (Å²) in [6.07, 6.45) is -0.789. The zero-order valence-electron chi connectivity index (χ0n) is 25.8. The number of alkyl carbamates (subject to hydrolysis) is 1. The quantitative estimate of drug-likeness (QED) is 0.273. The maximum absolute atomic E-state index is 14.4. The van der Waals surface area contributed by atoms with Crippen molar-refractivity contribution in [3.63, 3.8) is 0 Å². The molecule has 0 saturated carbocycles. The highest BCUT2D eigenvalue weighted by molar-refractivity contribution is 6.00. The molecule has 3 N–H and O–H groups in total. The number of phenolic OH excluding ortho intramolecular Hbond substituents is 1. The molecule has 0 aliphatic carbocycles. The lowest BCUT2D eigenvalue weighted by Crippen LogP contribution is -2.53. The van der Waals surface area contributed by atoms with Gasteiger partial charge in [-0.3, -0.25) is 9.59 Å². The summed E-state index contributed by atoms with van der Waals surface area (Å²) in [4.78, 5) is 42.6. The fourth-order valence-electron chi connectivity index (χ4n) is 4.93. The molecule has 226 valence electrons. The minimum atomic E-state index is -1.19. The Bertz CT molecular complexity index is 1480. The van der Waals surface area contributed by atoms with Gasteiger partial charge in [0.15, 0.2) is 0 Å². The number of carbonyl (C=O) groups is 3. The maximum Gasteiger partial charge on any atom is 0.408 e. The number of nitrogens with zero attached hydrogens (tertiary/aromatic N) is 2. The molecule has 0 aliphatic rings. The normalized spacial score (nSPS) is 12.4. The van der Waals surface area contributed by atoms with Gasteiger partial charge in [-0.2, -0.15) is 5.26 Å². The summed E-state index contributed by atoms with van der Waals surface area (Å²) in [5.74, 6) is -1.08. The van der Waals surface area contributed by atoms with Gasteiger partial charge in [-0.05, 0) is 82.9 Å². The largest absolute Gasteiger partial charge is 0.508 e. The van der Waals surface area contributed by atoms with Gasteiger partial charge >= 0.3 is 6.09 Å². The smallest absolute Gasteiger partial charge is 0.408 e. The van der Waals surface area contributed by atoms with Gasteiger partial charge in [-0.25, -0.2) is 4.79 Å². The van der Waals surface area contributed by atoms with Crippen LogP contribution in [0, 0.1) is 39.0 Å². The minimum absolute atomic E-state index is 0.0262. The van der Waals surface area contributed by atoms with E-state index in [1.165, 1.54) is 17.0 Å². The SMILES string of the molecule is Cc1cc(C)cc(C(C(=O)Nc2c(C)cccc2C)N(CC#N)C(=O)C(Cc2ccc(O)cc2)NC(=O)OC(C)(C)C)c1. The first kappa shape index (κ1) is 32.7. The van der Waals surface area contributed by atoms with Gasteiger partial charge in [0.25, 0.3) is 5.91 Å². The van der Waals surface area contributed by atoms with Crippen molar-refractivity contribution in [1.29, 1.82) is 5.26 Å². The number of aromatic hydroxyl groups is 1. The van der Waals surface area contributed by atoms with E-state index in [4.69, 9.17) is 4.74 Å². The van der Waals surface area contributed by atoms with Crippen LogP contribution in [-0.4, -0.2) is 46.1 Å². The molecule has 0 heterocycles. The van der Waals surface area contributed by atoms with E-state index in [0.29, 0.717) is 16.8 Å². The molecule has 9 nitrogen and oxygen atoms in total. The van der Waals surface area contributed by atoms with Crippen LogP contribution in [0.4, 0.5) is 10.5 Å². The highest BCUT2D eigenvalue weighted by Gasteiger charge is 2.37. The Kier molecular flexibility index (Phi) is 10.5. The summed E-state index contributed by atoms with van der Waals surface area (Å²) in [6.45, 7) is 12.3. The number of hydrogen-bond donors (Lipinski definition) is 3. The van der Waals surface area contributed by atoms with Crippen LogP contribution in [0.15, 0.2) is 60.7 Å². The average molecular weight is 585 g/mol. The van der Waals surface area contributed by atoms with E-state index < -0.39 is 42.1 Å². The van der Waals surface area contributed by atoms with Crippen molar-refractivity contribution in [2.75, 3.05) is 11.9 Å². The molecule has 0 bridgehead atoms. The summed E-state index contributed by atoms with van der Waals surface area (Å²) < 4.78 is 5.44. The molecule has 2 atom stereocenters. The highest BCUT2D eigenvalue weighted by atomic mass is 16.6. The second-order valence-corrected chi connectivity index (χ2v) is 11.8. The molecule has 3 amide bonds. The number of rotatable bonds is 9. The molecule has 43 heavy (non-hydrogen) atoms. The Labute approximate surface area is 253 Å². The lowest BCUT2D eigenvalue weighted by Gasteiger charge is -2.33. The molecule has 0 radical (unpaired) electrons. The fourth-order valence-corrected chi connectivity index (χ4v) is 4.93. The van der Waals surface area contributed by atoms with Crippen LogP contribution in [0.5, 0.6) is 5.75 Å². The molecular formula is C34H40N4O5. The van der Waals surface area contributed by atoms with Crippen LogP contribution >= 0.6 is 0 Å². The molecule has 3 rings (SSSR count). The molecule has 9 heteroatoms. The van der Waals surface area contributed by atoms with Gasteiger partial charge in [-0.15, -0.1) is 0 Å². The second-order valence-electron chi connectivity index (χ2n) is 11.8. The fraction of sp³-hybridized carbons (Fsp3) is 0.353. The molecular weight excluding hydrogens is 544 g/mol. The number of aryl methyl sites for hydroxylation is 4. The molecule has 0 fully saturated rings. The Morgan fingerprint density at radius 2 is 1.53 bits per heavy atom. The number of hydrogen-bond acceptors (Lipinski definition) is 6. The maximum atomic E-state index is 14.4. The zero-order valence-corrected chi connectivity index (χ0v) is 25.8. The van der Waals surface area contributed by atoms with Crippen molar-refractivity contribution >= 4 is 23.6 Å². The van der Waals surface area contributed by atoms with Crippen molar-refractivity contribution in [2.24, 2.45) is 0 Å². The number of phenols is 1. The van der Waals surface area contributed by atoms with Gasteiger partial charge in [0, 0.05) is 12.1 Å². The molecule has 0 aliphatic heterocycles. The van der Waals surface area contributed by atoms with Crippen LogP contribution in [0.25, 0.3) is 0 Å². The Hall–Kier alpha value is -4.84. The summed E-state index contributed by atoms with van der Waals surface area (Å²) in [7, 11) is 0. The van der Waals surface area contributed by atoms with E-state index in [0.717, 1.165) is 22.3 Å². The van der Waals surface area contributed by atoms with Crippen LogP contribution in [0.1, 0.15) is 60.2 Å². The Morgan fingerprint density at radius 3 is 2.07 bits per heavy atom.